The van der Waals surface area contributed by atoms with E-state index in [-0.39, 0.29) is 0 Å². The molecule has 4 heteroatoms. The maximum absolute atomic E-state index is 4.27. The molecule has 2 heterocycles. The van der Waals surface area contributed by atoms with E-state index >= 15 is 0 Å². The van der Waals surface area contributed by atoms with Crippen LogP contribution in [0.1, 0.15) is 25.3 Å². The van der Waals surface area contributed by atoms with Crippen molar-refractivity contribution in [3.8, 4) is 0 Å². The Morgan fingerprint density at radius 3 is 3.06 bits per heavy atom. The van der Waals surface area contributed by atoms with E-state index in [9.17, 15) is 0 Å². The molecule has 2 rings (SSSR count). The van der Waals surface area contributed by atoms with Crippen LogP contribution < -0.4 is 5.32 Å². The summed E-state index contributed by atoms with van der Waals surface area (Å²) in [5.41, 5.74) is 1.28. The van der Waals surface area contributed by atoms with Crippen LogP contribution in [0.3, 0.4) is 0 Å². The lowest BCUT2D eigenvalue weighted by atomic mass is 10.2. The normalized spacial score (nSPS) is 21.8. The van der Waals surface area contributed by atoms with Crippen molar-refractivity contribution in [1.29, 1.82) is 0 Å². The molecule has 1 saturated heterocycles. The van der Waals surface area contributed by atoms with Gasteiger partial charge in [0.1, 0.15) is 0 Å². The number of rotatable bonds is 5. The van der Waals surface area contributed by atoms with E-state index in [0.29, 0.717) is 0 Å². The molecule has 1 fully saturated rings. The number of aryl methyl sites for hydroxylation is 1. The summed E-state index contributed by atoms with van der Waals surface area (Å²) in [6.45, 7) is 6.33. The van der Waals surface area contributed by atoms with Crippen LogP contribution in [-0.4, -0.2) is 40.9 Å². The molecule has 0 amide bonds. The average Bonchev–Trinajstić information content (AvgIpc) is 2.89. The first-order valence-corrected chi connectivity index (χ1v) is 6.22. The Morgan fingerprint density at radius 1 is 1.56 bits per heavy atom. The molecule has 4 nitrogen and oxygen atoms in total. The zero-order valence-electron chi connectivity index (χ0n) is 10.3. The van der Waals surface area contributed by atoms with Crippen molar-refractivity contribution >= 4 is 0 Å². The predicted molar refractivity (Wildman–Crippen MR) is 65.3 cm³/mol. The molecule has 16 heavy (non-hydrogen) atoms. The van der Waals surface area contributed by atoms with Crippen molar-refractivity contribution in [2.45, 2.75) is 38.9 Å². The molecule has 1 atom stereocenters. The number of hydrogen-bond acceptors (Lipinski definition) is 3. The first kappa shape index (κ1) is 11.6. The second kappa shape index (κ2) is 5.46. The summed E-state index contributed by atoms with van der Waals surface area (Å²) in [7, 11) is 2.22. The molecule has 0 bridgehead atoms. The molecule has 0 aliphatic carbocycles. The van der Waals surface area contributed by atoms with Gasteiger partial charge >= 0.3 is 0 Å². The van der Waals surface area contributed by atoms with Crippen LogP contribution in [-0.2, 0) is 13.1 Å². The molecular formula is C12H22N4. The molecule has 0 spiro atoms. The summed E-state index contributed by atoms with van der Waals surface area (Å²) in [6.07, 6.45) is 6.74. The summed E-state index contributed by atoms with van der Waals surface area (Å²) >= 11 is 0. The minimum Gasteiger partial charge on any atom is -0.311 e. The second-order valence-corrected chi connectivity index (χ2v) is 4.61. The van der Waals surface area contributed by atoms with Crippen LogP contribution in [0.5, 0.6) is 0 Å². The van der Waals surface area contributed by atoms with Gasteiger partial charge in [-0.3, -0.25) is 4.68 Å². The van der Waals surface area contributed by atoms with E-state index in [0.717, 1.165) is 25.7 Å². The maximum Gasteiger partial charge on any atom is 0.0534 e. The molecule has 1 aromatic heterocycles. The molecule has 0 aromatic carbocycles. The smallest absolute Gasteiger partial charge is 0.0534 e. The van der Waals surface area contributed by atoms with Crippen LogP contribution in [0.4, 0.5) is 0 Å². The second-order valence-electron chi connectivity index (χ2n) is 4.61. The Morgan fingerprint density at radius 2 is 2.44 bits per heavy atom. The van der Waals surface area contributed by atoms with E-state index in [1.165, 1.54) is 24.9 Å². The molecule has 1 N–H and O–H groups in total. The molecule has 0 radical (unpaired) electrons. The van der Waals surface area contributed by atoms with Crippen molar-refractivity contribution < 1.29 is 0 Å². The number of likely N-dealkylation sites (tertiary alicyclic amines) is 1. The number of nitrogens with zero attached hydrogens (tertiary/aromatic N) is 3. The first-order valence-electron chi connectivity index (χ1n) is 6.22. The SMILES string of the molecule is CCn1cc(CNCC2CCCN2C)cn1. The third-order valence-electron chi connectivity index (χ3n) is 3.39. The van der Waals surface area contributed by atoms with Gasteiger partial charge in [-0.15, -0.1) is 0 Å². The number of likely N-dealkylation sites (N-methyl/N-ethyl adjacent to an activating group) is 1. The van der Waals surface area contributed by atoms with Gasteiger partial charge in [-0.2, -0.15) is 5.10 Å². The Bertz CT molecular complexity index is 321. The Labute approximate surface area is 97.6 Å². The van der Waals surface area contributed by atoms with Crippen molar-refractivity contribution in [3.63, 3.8) is 0 Å². The van der Waals surface area contributed by atoms with Gasteiger partial charge in [0.2, 0.25) is 0 Å². The summed E-state index contributed by atoms with van der Waals surface area (Å²) in [5, 5.41) is 7.78. The van der Waals surface area contributed by atoms with E-state index in [2.05, 4.69) is 35.5 Å². The lowest BCUT2D eigenvalue weighted by molar-refractivity contribution is 0.300. The predicted octanol–water partition coefficient (Wildman–Crippen LogP) is 1.09. The van der Waals surface area contributed by atoms with Crippen LogP contribution in [0.2, 0.25) is 0 Å². The topological polar surface area (TPSA) is 33.1 Å². The quantitative estimate of drug-likeness (QED) is 0.809. The highest BCUT2D eigenvalue weighted by atomic mass is 15.3. The van der Waals surface area contributed by atoms with Gasteiger partial charge in [0.05, 0.1) is 6.20 Å². The minimum absolute atomic E-state index is 0.723. The van der Waals surface area contributed by atoms with E-state index in [1.54, 1.807) is 0 Å². The molecule has 0 saturated carbocycles. The van der Waals surface area contributed by atoms with Gasteiger partial charge in [0.25, 0.3) is 0 Å². The minimum atomic E-state index is 0.723. The highest BCUT2D eigenvalue weighted by Gasteiger charge is 2.19. The standard InChI is InChI=1S/C12H22N4/c1-3-16-10-11(8-14-16)7-13-9-12-5-4-6-15(12)2/h8,10,12-13H,3-7,9H2,1-2H3. The summed E-state index contributed by atoms with van der Waals surface area (Å²) in [6, 6.07) is 0.723. The zero-order chi connectivity index (χ0) is 11.4. The Balaban J connectivity index is 1.71. The van der Waals surface area contributed by atoms with Crippen molar-refractivity contribution in [2.24, 2.45) is 0 Å². The molecular weight excluding hydrogens is 200 g/mol. The zero-order valence-corrected chi connectivity index (χ0v) is 10.3. The van der Waals surface area contributed by atoms with Crippen LogP contribution in [0.15, 0.2) is 12.4 Å². The fourth-order valence-electron chi connectivity index (χ4n) is 2.29. The summed E-state index contributed by atoms with van der Waals surface area (Å²) < 4.78 is 1.97. The average molecular weight is 222 g/mol. The lowest BCUT2D eigenvalue weighted by Gasteiger charge is -2.19. The summed E-state index contributed by atoms with van der Waals surface area (Å²) in [4.78, 5) is 2.45. The van der Waals surface area contributed by atoms with Gasteiger partial charge in [0, 0.05) is 37.4 Å². The van der Waals surface area contributed by atoms with Crippen molar-refractivity contribution in [1.82, 2.24) is 20.0 Å². The fourth-order valence-corrected chi connectivity index (χ4v) is 2.29. The largest absolute Gasteiger partial charge is 0.311 e. The summed E-state index contributed by atoms with van der Waals surface area (Å²) in [5.74, 6) is 0. The monoisotopic (exact) mass is 222 g/mol. The lowest BCUT2D eigenvalue weighted by Crippen LogP contribution is -2.35. The van der Waals surface area contributed by atoms with Gasteiger partial charge in [-0.25, -0.2) is 0 Å². The number of hydrogen-bond donors (Lipinski definition) is 1. The van der Waals surface area contributed by atoms with Crippen LogP contribution >= 0.6 is 0 Å². The molecule has 1 aliphatic heterocycles. The van der Waals surface area contributed by atoms with Crippen LogP contribution in [0.25, 0.3) is 0 Å². The molecule has 1 aromatic rings. The van der Waals surface area contributed by atoms with E-state index in [1.807, 2.05) is 10.9 Å². The maximum atomic E-state index is 4.27. The van der Waals surface area contributed by atoms with Crippen molar-refractivity contribution in [3.05, 3.63) is 18.0 Å². The molecule has 1 unspecified atom stereocenters. The third-order valence-corrected chi connectivity index (χ3v) is 3.39. The van der Waals surface area contributed by atoms with Crippen LogP contribution in [0, 0.1) is 0 Å². The van der Waals surface area contributed by atoms with Gasteiger partial charge < -0.3 is 10.2 Å². The Kier molecular flexibility index (Phi) is 3.96. The van der Waals surface area contributed by atoms with Crippen molar-refractivity contribution in [2.75, 3.05) is 20.1 Å². The van der Waals surface area contributed by atoms with Gasteiger partial charge in [-0.1, -0.05) is 0 Å². The highest BCUT2D eigenvalue weighted by Crippen LogP contribution is 2.13. The van der Waals surface area contributed by atoms with Gasteiger partial charge in [0.15, 0.2) is 0 Å². The Hall–Kier alpha value is -0.870. The van der Waals surface area contributed by atoms with E-state index in [4.69, 9.17) is 0 Å². The fraction of sp³-hybridized carbons (Fsp3) is 0.750. The molecule has 90 valence electrons. The highest BCUT2D eigenvalue weighted by molar-refractivity contribution is 5.03. The number of aromatic nitrogens is 2. The number of nitrogens with one attached hydrogen (secondary N) is 1. The molecule has 1 aliphatic rings. The van der Waals surface area contributed by atoms with Gasteiger partial charge in [-0.05, 0) is 33.4 Å². The third kappa shape index (κ3) is 2.83. The first-order chi connectivity index (χ1) is 7.79. The van der Waals surface area contributed by atoms with E-state index < -0.39 is 0 Å².